The van der Waals surface area contributed by atoms with Gasteiger partial charge in [0.1, 0.15) is 0 Å². The second kappa shape index (κ2) is 5.86. The molecule has 0 fully saturated rings. The Bertz CT molecular complexity index is 865. The van der Waals surface area contributed by atoms with Crippen LogP contribution in [0.4, 0.5) is 5.95 Å². The molecule has 0 bridgehead atoms. The predicted molar refractivity (Wildman–Crippen MR) is 79.9 cm³/mol. The van der Waals surface area contributed by atoms with Crippen LogP contribution in [0.1, 0.15) is 16.2 Å². The van der Waals surface area contributed by atoms with E-state index in [0.29, 0.717) is 17.5 Å². The van der Waals surface area contributed by atoms with Crippen molar-refractivity contribution in [3.8, 4) is 0 Å². The van der Waals surface area contributed by atoms with Crippen molar-refractivity contribution in [3.05, 3.63) is 63.6 Å². The predicted octanol–water partition coefficient (Wildman–Crippen LogP) is 1.25. The van der Waals surface area contributed by atoms with E-state index in [1.165, 1.54) is 0 Å². The Hall–Kier alpha value is -2.87. The van der Waals surface area contributed by atoms with E-state index in [-0.39, 0.29) is 5.82 Å². The number of hydrogen-bond donors (Lipinski definition) is 3. The Morgan fingerprint density at radius 2 is 2.18 bits per heavy atom. The molecule has 0 radical (unpaired) electrons. The zero-order valence-electron chi connectivity index (χ0n) is 11.2. The number of imidazole rings is 1. The molecule has 0 spiro atoms. The topological polar surface area (TPSA) is 108 Å². The van der Waals surface area contributed by atoms with E-state index in [0.717, 1.165) is 5.56 Å². The van der Waals surface area contributed by atoms with Crippen LogP contribution in [-0.2, 0) is 6.54 Å². The highest BCUT2D eigenvalue weighted by Crippen LogP contribution is 2.18. The van der Waals surface area contributed by atoms with Crippen LogP contribution in [0.15, 0.2) is 41.5 Å². The molecule has 3 N–H and O–H groups in total. The first-order chi connectivity index (χ1) is 10.6. The first-order valence-corrected chi connectivity index (χ1v) is 6.72. The van der Waals surface area contributed by atoms with Crippen LogP contribution in [0, 0.1) is 0 Å². The molecule has 22 heavy (non-hydrogen) atoms. The van der Waals surface area contributed by atoms with Crippen LogP contribution in [0.2, 0.25) is 5.02 Å². The number of amides is 1. The van der Waals surface area contributed by atoms with Gasteiger partial charge in [0.25, 0.3) is 5.91 Å². The molecule has 0 aliphatic rings. The van der Waals surface area contributed by atoms with Gasteiger partial charge < -0.3 is 4.57 Å². The van der Waals surface area contributed by atoms with E-state index in [2.05, 4.69) is 25.5 Å². The van der Waals surface area contributed by atoms with Gasteiger partial charge in [-0.25, -0.2) is 14.9 Å². The maximum Gasteiger partial charge on any atom is 0.341 e. The minimum absolute atomic E-state index is 0.114. The van der Waals surface area contributed by atoms with Crippen molar-refractivity contribution < 1.29 is 4.79 Å². The highest BCUT2D eigenvalue weighted by molar-refractivity contribution is 6.31. The molecule has 1 amide bonds. The number of nitrogens with one attached hydrogen (secondary N) is 3. The first-order valence-electron chi connectivity index (χ1n) is 6.34. The van der Waals surface area contributed by atoms with Gasteiger partial charge in [-0.3, -0.25) is 15.1 Å². The van der Waals surface area contributed by atoms with Gasteiger partial charge in [0, 0.05) is 17.4 Å². The SMILES string of the molecule is O=C(Nc1nccn1Cc1ccccc1Cl)c1n[nH]c(=O)[nH]1. The zero-order valence-corrected chi connectivity index (χ0v) is 12.0. The molecule has 0 atom stereocenters. The normalized spacial score (nSPS) is 10.6. The molecule has 0 aliphatic carbocycles. The Morgan fingerprint density at radius 3 is 2.91 bits per heavy atom. The van der Waals surface area contributed by atoms with E-state index in [1.54, 1.807) is 23.0 Å². The van der Waals surface area contributed by atoms with Gasteiger partial charge >= 0.3 is 5.69 Å². The fourth-order valence-corrected chi connectivity index (χ4v) is 2.10. The summed E-state index contributed by atoms with van der Waals surface area (Å²) in [7, 11) is 0. The maximum absolute atomic E-state index is 12.0. The lowest BCUT2D eigenvalue weighted by Gasteiger charge is -2.09. The van der Waals surface area contributed by atoms with Gasteiger partial charge in [0.2, 0.25) is 11.8 Å². The lowest BCUT2D eigenvalue weighted by Crippen LogP contribution is -2.18. The number of nitrogens with zero attached hydrogens (tertiary/aromatic N) is 3. The Kier molecular flexibility index (Phi) is 3.75. The summed E-state index contributed by atoms with van der Waals surface area (Å²) in [4.78, 5) is 29.3. The largest absolute Gasteiger partial charge is 0.341 e. The van der Waals surface area contributed by atoms with Crippen molar-refractivity contribution in [2.45, 2.75) is 6.54 Å². The third-order valence-electron chi connectivity index (χ3n) is 2.96. The monoisotopic (exact) mass is 318 g/mol. The number of rotatable bonds is 4. The number of anilines is 1. The number of halogens is 1. The molecule has 9 heteroatoms. The summed E-state index contributed by atoms with van der Waals surface area (Å²) in [6.07, 6.45) is 3.27. The molecule has 2 heterocycles. The molecule has 3 aromatic rings. The minimum atomic E-state index is -0.565. The van der Waals surface area contributed by atoms with Crippen molar-refractivity contribution in [2.75, 3.05) is 5.32 Å². The minimum Gasteiger partial charge on any atom is -0.313 e. The number of benzene rings is 1. The van der Waals surface area contributed by atoms with Crippen molar-refractivity contribution in [2.24, 2.45) is 0 Å². The number of hydrogen-bond acceptors (Lipinski definition) is 4. The molecule has 8 nitrogen and oxygen atoms in total. The van der Waals surface area contributed by atoms with Crippen LogP contribution in [0.25, 0.3) is 0 Å². The maximum atomic E-state index is 12.0. The fourth-order valence-electron chi connectivity index (χ4n) is 1.91. The number of aromatic amines is 2. The van der Waals surface area contributed by atoms with Crippen LogP contribution in [-0.4, -0.2) is 30.6 Å². The standard InChI is InChI=1S/C13H11ClN6O2/c14-9-4-2-1-3-8(9)7-20-6-5-15-12(20)17-11(21)10-16-13(22)19-18-10/h1-6H,7H2,(H,15,17,21)(H2,16,18,19,22). The molecular weight excluding hydrogens is 308 g/mol. The van der Waals surface area contributed by atoms with E-state index in [4.69, 9.17) is 11.6 Å². The number of H-pyrrole nitrogens is 2. The van der Waals surface area contributed by atoms with Crippen molar-refractivity contribution >= 4 is 23.5 Å². The molecule has 1 aromatic carbocycles. The molecule has 0 aliphatic heterocycles. The highest BCUT2D eigenvalue weighted by atomic mass is 35.5. The number of aromatic nitrogens is 5. The summed E-state index contributed by atoms with van der Waals surface area (Å²) in [6.45, 7) is 0.451. The van der Waals surface area contributed by atoms with E-state index < -0.39 is 11.6 Å². The Morgan fingerprint density at radius 1 is 1.36 bits per heavy atom. The molecular formula is C13H11ClN6O2. The van der Waals surface area contributed by atoms with Crippen LogP contribution in [0.5, 0.6) is 0 Å². The second-order valence-corrected chi connectivity index (χ2v) is 4.86. The molecule has 0 saturated carbocycles. The zero-order chi connectivity index (χ0) is 15.5. The Labute approximate surface area is 129 Å². The first kappa shape index (κ1) is 14.1. The lowest BCUT2D eigenvalue weighted by molar-refractivity contribution is 0.101. The average Bonchev–Trinajstić information content (AvgIpc) is 3.11. The van der Waals surface area contributed by atoms with Gasteiger partial charge in [-0.15, -0.1) is 5.10 Å². The highest BCUT2D eigenvalue weighted by Gasteiger charge is 2.14. The Balaban J connectivity index is 1.79. The van der Waals surface area contributed by atoms with Crippen molar-refractivity contribution in [3.63, 3.8) is 0 Å². The summed E-state index contributed by atoms with van der Waals surface area (Å²) >= 11 is 6.12. The van der Waals surface area contributed by atoms with E-state index >= 15 is 0 Å². The number of carbonyl (C=O) groups is 1. The second-order valence-electron chi connectivity index (χ2n) is 4.45. The van der Waals surface area contributed by atoms with E-state index in [9.17, 15) is 9.59 Å². The van der Waals surface area contributed by atoms with Gasteiger partial charge in [-0.2, -0.15) is 0 Å². The van der Waals surface area contributed by atoms with Crippen molar-refractivity contribution in [1.29, 1.82) is 0 Å². The average molecular weight is 319 g/mol. The third-order valence-corrected chi connectivity index (χ3v) is 3.32. The molecule has 0 saturated heterocycles. The van der Waals surface area contributed by atoms with Gasteiger partial charge in [0.15, 0.2) is 0 Å². The van der Waals surface area contributed by atoms with Gasteiger partial charge in [0.05, 0.1) is 6.54 Å². The lowest BCUT2D eigenvalue weighted by atomic mass is 10.2. The van der Waals surface area contributed by atoms with Crippen LogP contribution in [0.3, 0.4) is 0 Å². The van der Waals surface area contributed by atoms with Gasteiger partial charge in [-0.1, -0.05) is 29.8 Å². The summed E-state index contributed by atoms with van der Waals surface area (Å²) < 4.78 is 1.73. The molecule has 112 valence electrons. The summed E-state index contributed by atoms with van der Waals surface area (Å²) in [5.74, 6) is -0.351. The molecule has 0 unspecified atom stereocenters. The van der Waals surface area contributed by atoms with Gasteiger partial charge in [-0.05, 0) is 11.6 Å². The van der Waals surface area contributed by atoms with Crippen molar-refractivity contribution in [1.82, 2.24) is 24.7 Å². The summed E-state index contributed by atoms with van der Waals surface area (Å²) in [5.41, 5.74) is 0.343. The van der Waals surface area contributed by atoms with E-state index in [1.807, 2.05) is 18.2 Å². The molecule has 2 aromatic heterocycles. The third kappa shape index (κ3) is 2.91. The summed E-state index contributed by atoms with van der Waals surface area (Å²) in [6, 6.07) is 7.40. The fraction of sp³-hybridized carbons (Fsp3) is 0.0769. The number of carbonyl (C=O) groups excluding carboxylic acids is 1. The summed E-state index contributed by atoms with van der Waals surface area (Å²) in [5, 5.41) is 8.89. The smallest absolute Gasteiger partial charge is 0.313 e. The quantitative estimate of drug-likeness (QED) is 0.672. The molecule has 3 rings (SSSR count). The van der Waals surface area contributed by atoms with Crippen LogP contribution >= 0.6 is 11.6 Å². The van der Waals surface area contributed by atoms with Crippen LogP contribution < -0.4 is 11.0 Å².